The highest BCUT2D eigenvalue weighted by Gasteiger charge is 2.13. The summed E-state index contributed by atoms with van der Waals surface area (Å²) in [6.07, 6.45) is 1.72. The predicted molar refractivity (Wildman–Crippen MR) is 77.5 cm³/mol. The van der Waals surface area contributed by atoms with E-state index in [1.807, 2.05) is 24.9 Å². The van der Waals surface area contributed by atoms with E-state index in [0.717, 1.165) is 36.8 Å². The van der Waals surface area contributed by atoms with Gasteiger partial charge in [0.25, 0.3) is 0 Å². The van der Waals surface area contributed by atoms with Gasteiger partial charge in [0, 0.05) is 33.1 Å². The van der Waals surface area contributed by atoms with E-state index in [1.54, 1.807) is 7.05 Å². The third-order valence-electron chi connectivity index (χ3n) is 2.76. The van der Waals surface area contributed by atoms with E-state index >= 15 is 0 Å². The lowest BCUT2D eigenvalue weighted by molar-refractivity contribution is -0.119. The van der Waals surface area contributed by atoms with Crippen molar-refractivity contribution in [3.63, 3.8) is 0 Å². The van der Waals surface area contributed by atoms with Crippen LogP contribution in [0.5, 0.6) is 0 Å². The average molecular weight is 265 g/mol. The molecule has 0 atom stereocenters. The van der Waals surface area contributed by atoms with E-state index in [9.17, 15) is 4.79 Å². The van der Waals surface area contributed by atoms with E-state index in [4.69, 9.17) is 0 Å². The number of nitrogens with zero attached hydrogens (tertiary/aromatic N) is 3. The minimum atomic E-state index is -0.0175. The summed E-state index contributed by atoms with van der Waals surface area (Å²) in [6, 6.07) is 1.87. The Balaban J connectivity index is 3.02. The Bertz CT molecular complexity index is 399. The van der Waals surface area contributed by atoms with E-state index in [2.05, 4.69) is 27.5 Å². The predicted octanol–water partition coefficient (Wildman–Crippen LogP) is 1.04. The first kappa shape index (κ1) is 15.2. The maximum Gasteiger partial charge on any atom is 0.239 e. The van der Waals surface area contributed by atoms with Crippen LogP contribution in [0.3, 0.4) is 0 Å². The first-order chi connectivity index (χ1) is 9.14. The first-order valence-electron chi connectivity index (χ1n) is 6.65. The molecule has 6 heteroatoms. The molecule has 1 aromatic rings. The normalized spacial score (nSPS) is 10.1. The second kappa shape index (κ2) is 7.56. The van der Waals surface area contributed by atoms with Crippen molar-refractivity contribution in [3.05, 3.63) is 11.9 Å². The smallest absolute Gasteiger partial charge is 0.239 e. The Morgan fingerprint density at radius 1 is 1.32 bits per heavy atom. The Kier molecular flexibility index (Phi) is 6.05. The molecule has 1 aromatic heterocycles. The van der Waals surface area contributed by atoms with Crippen LogP contribution in [0.2, 0.25) is 0 Å². The van der Waals surface area contributed by atoms with Gasteiger partial charge in [-0.1, -0.05) is 13.8 Å². The molecule has 0 radical (unpaired) electrons. The van der Waals surface area contributed by atoms with Crippen molar-refractivity contribution in [1.29, 1.82) is 0 Å². The third-order valence-corrected chi connectivity index (χ3v) is 2.76. The molecule has 0 saturated carbocycles. The number of likely N-dealkylation sites (N-methyl/N-ethyl adjacent to an activating group) is 1. The molecule has 0 fully saturated rings. The summed E-state index contributed by atoms with van der Waals surface area (Å²) in [7, 11) is 3.47. The van der Waals surface area contributed by atoms with Crippen molar-refractivity contribution in [3.8, 4) is 0 Å². The zero-order valence-electron chi connectivity index (χ0n) is 12.2. The summed E-state index contributed by atoms with van der Waals surface area (Å²) in [5.74, 6) is 2.33. The molecule has 0 spiro atoms. The molecule has 0 aliphatic heterocycles. The van der Waals surface area contributed by atoms with Crippen LogP contribution in [-0.2, 0) is 11.2 Å². The van der Waals surface area contributed by atoms with Crippen molar-refractivity contribution >= 4 is 17.5 Å². The highest BCUT2D eigenvalue weighted by Crippen LogP contribution is 2.16. The van der Waals surface area contributed by atoms with Crippen molar-refractivity contribution in [2.24, 2.45) is 0 Å². The van der Waals surface area contributed by atoms with Crippen molar-refractivity contribution in [1.82, 2.24) is 15.3 Å². The van der Waals surface area contributed by atoms with Gasteiger partial charge in [-0.3, -0.25) is 4.79 Å². The molecular weight excluding hydrogens is 242 g/mol. The van der Waals surface area contributed by atoms with E-state index in [-0.39, 0.29) is 5.91 Å². The molecule has 0 saturated heterocycles. The maximum absolute atomic E-state index is 11.6. The van der Waals surface area contributed by atoms with Crippen molar-refractivity contribution < 1.29 is 4.79 Å². The molecule has 0 unspecified atom stereocenters. The number of rotatable bonds is 7. The third kappa shape index (κ3) is 4.39. The standard InChI is InChI=1S/C13H23N5O/c1-5-7-18(9-13(19)15-4)12-8-11(14-3)16-10(6-2)17-12/h8H,5-7,9H2,1-4H3,(H,15,19)(H,14,16,17). The molecule has 19 heavy (non-hydrogen) atoms. The van der Waals surface area contributed by atoms with E-state index in [1.165, 1.54) is 0 Å². The van der Waals surface area contributed by atoms with Gasteiger partial charge in [-0.15, -0.1) is 0 Å². The fourth-order valence-corrected chi connectivity index (χ4v) is 1.73. The maximum atomic E-state index is 11.6. The lowest BCUT2D eigenvalue weighted by Gasteiger charge is -2.23. The highest BCUT2D eigenvalue weighted by molar-refractivity contribution is 5.80. The lowest BCUT2D eigenvalue weighted by Crippen LogP contribution is -2.36. The molecule has 2 N–H and O–H groups in total. The number of anilines is 2. The zero-order chi connectivity index (χ0) is 14.3. The number of amides is 1. The molecule has 0 aliphatic rings. The summed E-state index contributed by atoms with van der Waals surface area (Å²) >= 11 is 0. The SMILES string of the molecule is CCCN(CC(=O)NC)c1cc(NC)nc(CC)n1. The number of aromatic nitrogens is 2. The van der Waals surface area contributed by atoms with Crippen LogP contribution >= 0.6 is 0 Å². The molecular formula is C13H23N5O. The molecule has 1 rings (SSSR count). The minimum absolute atomic E-state index is 0.0175. The molecule has 1 heterocycles. The quantitative estimate of drug-likeness (QED) is 0.771. The van der Waals surface area contributed by atoms with Crippen LogP contribution in [0.4, 0.5) is 11.6 Å². The van der Waals surface area contributed by atoms with Crippen LogP contribution < -0.4 is 15.5 Å². The van der Waals surface area contributed by atoms with E-state index in [0.29, 0.717) is 6.54 Å². The number of hydrogen-bond donors (Lipinski definition) is 2. The largest absolute Gasteiger partial charge is 0.373 e. The second-order valence-electron chi connectivity index (χ2n) is 4.23. The number of carbonyl (C=O) groups is 1. The number of aryl methyl sites for hydroxylation is 1. The average Bonchev–Trinajstić information content (AvgIpc) is 2.45. The molecule has 106 valence electrons. The van der Waals surface area contributed by atoms with Crippen LogP contribution in [-0.4, -0.2) is 43.1 Å². The summed E-state index contributed by atoms with van der Waals surface area (Å²) in [5.41, 5.74) is 0. The molecule has 0 aromatic carbocycles. The van der Waals surface area contributed by atoms with Crippen LogP contribution in [0.25, 0.3) is 0 Å². The number of hydrogen-bond acceptors (Lipinski definition) is 5. The number of nitrogens with one attached hydrogen (secondary N) is 2. The summed E-state index contributed by atoms with van der Waals surface area (Å²) < 4.78 is 0. The van der Waals surface area contributed by atoms with Crippen LogP contribution in [0.1, 0.15) is 26.1 Å². The Labute approximate surface area is 114 Å². The van der Waals surface area contributed by atoms with Gasteiger partial charge in [-0.05, 0) is 6.42 Å². The summed E-state index contributed by atoms with van der Waals surface area (Å²) in [5, 5.41) is 5.67. The van der Waals surface area contributed by atoms with Gasteiger partial charge in [0.1, 0.15) is 17.5 Å². The summed E-state index contributed by atoms with van der Waals surface area (Å²) in [6.45, 7) is 5.20. The monoisotopic (exact) mass is 265 g/mol. The Hall–Kier alpha value is -1.85. The van der Waals surface area contributed by atoms with Crippen LogP contribution in [0, 0.1) is 0 Å². The zero-order valence-corrected chi connectivity index (χ0v) is 12.2. The van der Waals surface area contributed by atoms with Crippen molar-refractivity contribution in [2.45, 2.75) is 26.7 Å². The van der Waals surface area contributed by atoms with Crippen LogP contribution in [0.15, 0.2) is 6.07 Å². The van der Waals surface area contributed by atoms with Gasteiger partial charge in [-0.2, -0.15) is 0 Å². The Morgan fingerprint density at radius 3 is 2.58 bits per heavy atom. The highest BCUT2D eigenvalue weighted by atomic mass is 16.1. The fourth-order valence-electron chi connectivity index (χ4n) is 1.73. The van der Waals surface area contributed by atoms with Gasteiger partial charge < -0.3 is 15.5 Å². The fraction of sp³-hybridized carbons (Fsp3) is 0.615. The molecule has 6 nitrogen and oxygen atoms in total. The first-order valence-corrected chi connectivity index (χ1v) is 6.65. The Morgan fingerprint density at radius 2 is 2.05 bits per heavy atom. The van der Waals surface area contributed by atoms with Gasteiger partial charge >= 0.3 is 0 Å². The molecule has 1 amide bonds. The molecule has 0 aliphatic carbocycles. The lowest BCUT2D eigenvalue weighted by atomic mass is 10.3. The van der Waals surface area contributed by atoms with E-state index < -0.39 is 0 Å². The van der Waals surface area contributed by atoms with Gasteiger partial charge in [0.2, 0.25) is 5.91 Å². The summed E-state index contributed by atoms with van der Waals surface area (Å²) in [4.78, 5) is 22.4. The van der Waals surface area contributed by atoms with Gasteiger partial charge in [-0.25, -0.2) is 9.97 Å². The van der Waals surface area contributed by atoms with Gasteiger partial charge in [0.15, 0.2) is 0 Å². The molecule has 0 bridgehead atoms. The second-order valence-corrected chi connectivity index (χ2v) is 4.23. The topological polar surface area (TPSA) is 70.2 Å². The minimum Gasteiger partial charge on any atom is -0.373 e. The van der Waals surface area contributed by atoms with Crippen molar-refractivity contribution in [2.75, 3.05) is 37.4 Å². The number of carbonyl (C=O) groups excluding carboxylic acids is 1. The van der Waals surface area contributed by atoms with Gasteiger partial charge in [0.05, 0.1) is 6.54 Å².